The molecule has 2 amide bonds. The first-order valence-corrected chi connectivity index (χ1v) is 12.2. The first-order valence-electron chi connectivity index (χ1n) is 12.2. The molecule has 0 saturated carbocycles. The Balaban J connectivity index is 1.61. The van der Waals surface area contributed by atoms with Crippen molar-refractivity contribution in [2.24, 2.45) is 0 Å². The second kappa shape index (κ2) is 12.2. The molecule has 0 saturated heterocycles. The van der Waals surface area contributed by atoms with Gasteiger partial charge in [0.2, 0.25) is 5.91 Å². The molecule has 3 aromatic rings. The number of aryl methyl sites for hydroxylation is 1. The van der Waals surface area contributed by atoms with Gasteiger partial charge in [-0.1, -0.05) is 36.4 Å². The van der Waals surface area contributed by atoms with E-state index in [0.29, 0.717) is 44.1 Å². The van der Waals surface area contributed by atoms with Gasteiger partial charge in [-0.3, -0.25) is 19.6 Å². The fraction of sp³-hybridized carbons (Fsp3) is 0.370. The van der Waals surface area contributed by atoms with E-state index in [9.17, 15) is 9.59 Å². The molecular formula is C27H33N5O3. The van der Waals surface area contributed by atoms with Crippen LogP contribution < -0.4 is 15.4 Å². The number of nitrogens with one attached hydrogen (secondary N) is 3. The highest BCUT2D eigenvalue weighted by atomic mass is 16.5. The molecule has 0 atom stereocenters. The summed E-state index contributed by atoms with van der Waals surface area (Å²) >= 11 is 0. The zero-order valence-electron chi connectivity index (χ0n) is 20.2. The lowest BCUT2D eigenvalue weighted by molar-refractivity contribution is -0.122. The molecule has 1 aliphatic rings. The van der Waals surface area contributed by atoms with E-state index in [1.807, 2.05) is 61.5 Å². The second-order valence-corrected chi connectivity index (χ2v) is 8.90. The van der Waals surface area contributed by atoms with Gasteiger partial charge in [0, 0.05) is 36.5 Å². The Kier molecular flexibility index (Phi) is 8.51. The minimum atomic E-state index is -0.195. The zero-order chi connectivity index (χ0) is 24.5. The van der Waals surface area contributed by atoms with Crippen molar-refractivity contribution in [2.75, 3.05) is 19.7 Å². The van der Waals surface area contributed by atoms with Crippen LogP contribution in [0.2, 0.25) is 0 Å². The van der Waals surface area contributed by atoms with Crippen LogP contribution in [0.5, 0.6) is 5.75 Å². The molecule has 0 fully saturated rings. The maximum Gasteiger partial charge on any atom is 0.252 e. The zero-order valence-corrected chi connectivity index (χ0v) is 20.2. The molecule has 4 rings (SSSR count). The summed E-state index contributed by atoms with van der Waals surface area (Å²) in [6.07, 6.45) is 2.76. The van der Waals surface area contributed by atoms with Gasteiger partial charge in [0.25, 0.3) is 5.91 Å². The van der Waals surface area contributed by atoms with Gasteiger partial charge in [-0.2, -0.15) is 5.10 Å². The molecular weight excluding hydrogens is 442 g/mol. The minimum absolute atomic E-state index is 0.0153. The Morgan fingerprint density at radius 1 is 1.09 bits per heavy atom. The molecule has 35 heavy (non-hydrogen) atoms. The third kappa shape index (κ3) is 7.16. The second-order valence-electron chi connectivity index (χ2n) is 8.90. The molecule has 2 aromatic carbocycles. The van der Waals surface area contributed by atoms with Gasteiger partial charge in [0.05, 0.1) is 25.4 Å². The van der Waals surface area contributed by atoms with Crippen LogP contribution >= 0.6 is 0 Å². The van der Waals surface area contributed by atoms with E-state index < -0.39 is 0 Å². The average Bonchev–Trinajstić information content (AvgIpc) is 3.28. The molecule has 0 spiro atoms. The number of hydrogen-bond donors (Lipinski definition) is 3. The van der Waals surface area contributed by atoms with E-state index in [1.165, 1.54) is 0 Å². The number of carbonyl (C=O) groups is 2. The Labute approximate surface area is 206 Å². The van der Waals surface area contributed by atoms with E-state index in [-0.39, 0.29) is 18.4 Å². The number of nitrogens with zero attached hydrogens (tertiary/aromatic N) is 2. The minimum Gasteiger partial charge on any atom is -0.493 e. The number of H-pyrrole nitrogens is 1. The average molecular weight is 476 g/mol. The van der Waals surface area contributed by atoms with E-state index >= 15 is 0 Å². The van der Waals surface area contributed by atoms with E-state index in [0.717, 1.165) is 41.8 Å². The quantitative estimate of drug-likeness (QED) is 0.526. The summed E-state index contributed by atoms with van der Waals surface area (Å²) in [7, 11) is 0. The fourth-order valence-corrected chi connectivity index (χ4v) is 4.21. The Morgan fingerprint density at radius 3 is 2.74 bits per heavy atom. The first kappa shape index (κ1) is 24.5. The molecule has 0 unspecified atom stereocenters. The number of ether oxygens (including phenoxy) is 1. The summed E-state index contributed by atoms with van der Waals surface area (Å²) in [5.74, 6) is 0.476. The molecule has 0 aliphatic carbocycles. The summed E-state index contributed by atoms with van der Waals surface area (Å²) in [5.41, 5.74) is 4.14. The first-order chi connectivity index (χ1) is 17.1. The monoisotopic (exact) mass is 475 g/mol. The molecule has 1 aliphatic heterocycles. The highest BCUT2D eigenvalue weighted by Crippen LogP contribution is 2.26. The predicted octanol–water partition coefficient (Wildman–Crippen LogP) is 3.33. The summed E-state index contributed by atoms with van der Waals surface area (Å²) in [5, 5.41) is 13.1. The lowest BCUT2D eigenvalue weighted by Gasteiger charge is -2.24. The van der Waals surface area contributed by atoms with Gasteiger partial charge in [-0.25, -0.2) is 0 Å². The van der Waals surface area contributed by atoms with Crippen molar-refractivity contribution < 1.29 is 14.3 Å². The number of hydrogen-bond acceptors (Lipinski definition) is 5. The molecule has 2 heterocycles. The lowest BCUT2D eigenvalue weighted by Crippen LogP contribution is -2.37. The molecule has 184 valence electrons. The SMILES string of the molecule is Cc1cc(CNC(=O)c2cccc3c2CN(Cc2ccccc2)CC(=O)NCCCCCO3)n[nH]1. The van der Waals surface area contributed by atoms with Crippen LogP contribution in [-0.2, 0) is 24.4 Å². The number of carbonyl (C=O) groups excluding carboxylic acids is 2. The van der Waals surface area contributed by atoms with Gasteiger partial charge in [0.15, 0.2) is 0 Å². The van der Waals surface area contributed by atoms with Crippen molar-refractivity contribution in [3.05, 3.63) is 82.7 Å². The van der Waals surface area contributed by atoms with Crippen LogP contribution in [0.4, 0.5) is 0 Å². The molecule has 3 N–H and O–H groups in total. The van der Waals surface area contributed by atoms with Crippen LogP contribution in [0.25, 0.3) is 0 Å². The third-order valence-corrected chi connectivity index (χ3v) is 5.97. The van der Waals surface area contributed by atoms with Crippen LogP contribution in [0.1, 0.15) is 52.1 Å². The molecule has 8 nitrogen and oxygen atoms in total. The third-order valence-electron chi connectivity index (χ3n) is 5.97. The standard InChI is InChI=1S/C27H33N5O3/c1-20-15-22(31-30-20)16-29-27(34)23-11-8-12-25-24(23)18-32(17-21-9-4-2-5-10-21)19-26(33)28-13-6-3-7-14-35-25/h2,4-5,8-12,15H,3,6-7,13-14,16-19H2,1H3,(H,28,33)(H,29,34)(H,30,31). The number of rotatable bonds is 5. The van der Waals surface area contributed by atoms with Crippen LogP contribution in [-0.4, -0.2) is 46.6 Å². The van der Waals surface area contributed by atoms with E-state index in [1.54, 1.807) is 0 Å². The Bertz CT molecular complexity index is 1130. The molecule has 0 radical (unpaired) electrons. The van der Waals surface area contributed by atoms with Crippen molar-refractivity contribution in [3.63, 3.8) is 0 Å². The number of amides is 2. The van der Waals surface area contributed by atoms with Crippen LogP contribution in [0, 0.1) is 6.92 Å². The summed E-state index contributed by atoms with van der Waals surface area (Å²) in [6, 6.07) is 17.5. The van der Waals surface area contributed by atoms with Crippen molar-refractivity contribution in [1.29, 1.82) is 0 Å². The largest absolute Gasteiger partial charge is 0.493 e. The van der Waals surface area contributed by atoms with E-state index in [4.69, 9.17) is 4.74 Å². The van der Waals surface area contributed by atoms with Gasteiger partial charge < -0.3 is 15.4 Å². The van der Waals surface area contributed by atoms with Crippen molar-refractivity contribution in [3.8, 4) is 5.75 Å². The fourth-order valence-electron chi connectivity index (χ4n) is 4.21. The summed E-state index contributed by atoms with van der Waals surface area (Å²) in [6.45, 7) is 4.69. The maximum atomic E-state index is 13.3. The number of aromatic amines is 1. The van der Waals surface area contributed by atoms with Crippen LogP contribution in [0.15, 0.2) is 54.6 Å². The Hall–Kier alpha value is -3.65. The predicted molar refractivity (Wildman–Crippen MR) is 134 cm³/mol. The maximum absolute atomic E-state index is 13.3. The van der Waals surface area contributed by atoms with Gasteiger partial charge in [0.1, 0.15) is 5.75 Å². The number of benzene rings is 2. The summed E-state index contributed by atoms with van der Waals surface area (Å²) in [4.78, 5) is 28.0. The summed E-state index contributed by atoms with van der Waals surface area (Å²) < 4.78 is 6.15. The van der Waals surface area contributed by atoms with Crippen molar-refractivity contribution >= 4 is 11.8 Å². The molecule has 1 aromatic heterocycles. The topological polar surface area (TPSA) is 99.3 Å². The lowest BCUT2D eigenvalue weighted by atomic mass is 10.0. The normalized spacial score (nSPS) is 15.5. The van der Waals surface area contributed by atoms with Gasteiger partial charge in [-0.05, 0) is 49.9 Å². The number of aromatic nitrogens is 2. The highest BCUT2D eigenvalue weighted by molar-refractivity contribution is 5.96. The van der Waals surface area contributed by atoms with Crippen LogP contribution in [0.3, 0.4) is 0 Å². The molecule has 8 heteroatoms. The van der Waals surface area contributed by atoms with Gasteiger partial charge >= 0.3 is 0 Å². The van der Waals surface area contributed by atoms with Crippen molar-refractivity contribution in [2.45, 2.75) is 45.8 Å². The molecule has 0 bridgehead atoms. The Morgan fingerprint density at radius 2 is 1.94 bits per heavy atom. The number of fused-ring (bicyclic) bond motifs is 1. The van der Waals surface area contributed by atoms with Gasteiger partial charge in [-0.15, -0.1) is 0 Å². The smallest absolute Gasteiger partial charge is 0.252 e. The highest BCUT2D eigenvalue weighted by Gasteiger charge is 2.21. The van der Waals surface area contributed by atoms with E-state index in [2.05, 4.69) is 25.7 Å². The van der Waals surface area contributed by atoms with Crippen molar-refractivity contribution in [1.82, 2.24) is 25.7 Å².